The molecule has 0 bridgehead atoms. The van der Waals surface area contributed by atoms with Crippen LogP contribution in [0.5, 0.6) is 0 Å². The molecule has 0 saturated carbocycles. The first-order chi connectivity index (χ1) is 23.0. The Morgan fingerprint density at radius 2 is 1.31 bits per heavy atom. The number of hydrogen-bond acceptors (Lipinski definition) is 12. The lowest BCUT2D eigenvalue weighted by Gasteiger charge is -2.17. The first-order valence-electron chi connectivity index (χ1n) is 15.1. The summed E-state index contributed by atoms with van der Waals surface area (Å²) in [5, 5.41) is 11.7. The van der Waals surface area contributed by atoms with E-state index >= 15 is 0 Å². The number of rotatable bonds is 7. The van der Waals surface area contributed by atoms with Crippen molar-refractivity contribution in [2.45, 2.75) is 69.6 Å². The fourth-order valence-electron chi connectivity index (χ4n) is 5.25. The Balaban J connectivity index is 0.000000429. The number of aliphatic hydroxyl groups is 1. The van der Waals surface area contributed by atoms with Crippen molar-refractivity contribution in [1.82, 2.24) is 23.5 Å². The van der Waals surface area contributed by atoms with Gasteiger partial charge in [-0.15, -0.1) is 0 Å². The van der Waals surface area contributed by atoms with Gasteiger partial charge < -0.3 is 16.2 Å². The fourth-order valence-corrected chi connectivity index (χ4v) is 9.41. The van der Waals surface area contributed by atoms with Gasteiger partial charge in [0.25, 0.3) is 10.1 Å². The molecule has 4 N–H and O–H groups in total. The smallest absolute Gasteiger partial charge is 0.349 e. The monoisotopic (exact) mass is 916 g/mol. The number of benzene rings is 2. The lowest BCUT2D eigenvalue weighted by atomic mass is 10.2. The number of sulfonamides is 2. The number of anilines is 1. The van der Waals surface area contributed by atoms with Crippen LogP contribution in [-0.2, 0) is 34.3 Å². The van der Waals surface area contributed by atoms with Crippen molar-refractivity contribution in [1.29, 1.82) is 0 Å². The van der Waals surface area contributed by atoms with Crippen molar-refractivity contribution < 1.29 is 34.5 Å². The minimum absolute atomic E-state index is 0. The standard InChI is InChI=1S/C14H15BrN4O3S.C11H14BrNO5S2.C4H9NO.3CH4/c15-10-1-3-12(4-2-10)23(21,22)18-7-5-11(9-18)19-8-6-13(16)17-14(19)20;1-19(14,15)18-10-6-7-13(8-10)20(16,17)11-4-2-9(12)3-5-11;6-4-1-2-5-3-4;;;/h1-4,6,8,11H,5,7,9H2,(H2,16,17,20);2-5,10H,6-8H2,1H3;4-6H,1-3H2;3*1H4/t;10-;4-;;;/m.11.../s1. The summed E-state index contributed by atoms with van der Waals surface area (Å²) >= 11 is 6.53. The van der Waals surface area contributed by atoms with E-state index in [1.807, 2.05) is 0 Å². The van der Waals surface area contributed by atoms with Gasteiger partial charge in [-0.05, 0) is 80.4 Å². The molecule has 3 aromatic rings. The summed E-state index contributed by atoms with van der Waals surface area (Å²) in [7, 11) is -10.7. The summed E-state index contributed by atoms with van der Waals surface area (Å²) in [6.45, 7) is 2.68. The van der Waals surface area contributed by atoms with Gasteiger partial charge in [0.15, 0.2) is 0 Å². The highest BCUT2D eigenvalue weighted by Gasteiger charge is 2.35. The van der Waals surface area contributed by atoms with E-state index in [-0.39, 0.29) is 69.7 Å². The third-order valence-electron chi connectivity index (χ3n) is 7.73. The highest BCUT2D eigenvalue weighted by molar-refractivity contribution is 9.10. The van der Waals surface area contributed by atoms with E-state index < -0.39 is 42.0 Å². The summed E-state index contributed by atoms with van der Waals surface area (Å²) in [5.74, 6) is 0.156. The van der Waals surface area contributed by atoms with Crippen LogP contribution in [0.2, 0.25) is 0 Å². The molecule has 3 atom stereocenters. The van der Waals surface area contributed by atoms with Crippen molar-refractivity contribution in [2.24, 2.45) is 0 Å². The van der Waals surface area contributed by atoms with E-state index in [1.165, 1.54) is 31.4 Å². The Morgan fingerprint density at radius 3 is 1.73 bits per heavy atom. The lowest BCUT2D eigenvalue weighted by molar-refractivity contribution is 0.196. The highest BCUT2D eigenvalue weighted by atomic mass is 79.9. The molecule has 52 heavy (non-hydrogen) atoms. The Morgan fingerprint density at radius 1 is 0.808 bits per heavy atom. The molecule has 20 heteroatoms. The predicted octanol–water partition coefficient (Wildman–Crippen LogP) is 3.66. The lowest BCUT2D eigenvalue weighted by Crippen LogP contribution is -2.32. The molecular weight excluding hydrogens is 868 g/mol. The molecule has 1 aromatic heterocycles. The van der Waals surface area contributed by atoms with E-state index in [2.05, 4.69) is 42.2 Å². The maximum absolute atomic E-state index is 12.6. The normalized spacial score (nSPS) is 20.6. The van der Waals surface area contributed by atoms with E-state index in [0.29, 0.717) is 19.4 Å². The first-order valence-corrected chi connectivity index (χ1v) is 21.4. The van der Waals surface area contributed by atoms with Gasteiger partial charge in [-0.3, -0.25) is 8.75 Å². The second kappa shape index (κ2) is 20.4. The minimum atomic E-state index is -3.61. The zero-order valence-electron chi connectivity index (χ0n) is 26.4. The number of hydrogen-bond donors (Lipinski definition) is 3. The largest absolute Gasteiger partial charge is 0.392 e. The Bertz CT molecular complexity index is 1960. The third kappa shape index (κ3) is 13.2. The third-order valence-corrected chi connectivity index (χ3v) is 13.2. The molecule has 3 saturated heterocycles. The number of nitrogen functional groups attached to an aromatic ring is 1. The van der Waals surface area contributed by atoms with Crippen molar-refractivity contribution in [2.75, 3.05) is 51.3 Å². The summed E-state index contributed by atoms with van der Waals surface area (Å²) in [5.41, 5.74) is 5.02. The van der Waals surface area contributed by atoms with Gasteiger partial charge in [0.1, 0.15) is 5.82 Å². The molecule has 2 aromatic carbocycles. The zero-order valence-corrected chi connectivity index (χ0v) is 32.1. The van der Waals surface area contributed by atoms with Crippen molar-refractivity contribution in [3.05, 3.63) is 80.2 Å². The van der Waals surface area contributed by atoms with Crippen LogP contribution < -0.4 is 16.7 Å². The van der Waals surface area contributed by atoms with E-state index in [9.17, 15) is 30.0 Å². The van der Waals surface area contributed by atoms with Crippen LogP contribution in [0.25, 0.3) is 0 Å². The maximum atomic E-state index is 12.6. The molecule has 3 aliphatic heterocycles. The highest BCUT2D eigenvalue weighted by Crippen LogP contribution is 2.28. The first kappa shape index (κ1) is 47.8. The number of β-amino-alcohol motifs (C(OH)–C–C–N with tert-alkyl or cyclic N) is 1. The van der Waals surface area contributed by atoms with Crippen LogP contribution in [0.1, 0.15) is 47.6 Å². The van der Waals surface area contributed by atoms with E-state index in [1.54, 1.807) is 42.6 Å². The van der Waals surface area contributed by atoms with E-state index in [0.717, 1.165) is 34.7 Å². The second-order valence-corrected chi connectivity index (χ2v) is 18.8. The molecule has 4 heterocycles. The Kier molecular flexibility index (Phi) is 18.8. The number of nitrogens with two attached hydrogens (primary N) is 1. The molecule has 0 radical (unpaired) electrons. The van der Waals surface area contributed by atoms with Crippen LogP contribution in [0.4, 0.5) is 5.82 Å². The van der Waals surface area contributed by atoms with Crippen LogP contribution in [-0.4, -0.2) is 106 Å². The molecule has 0 spiro atoms. The maximum Gasteiger partial charge on any atom is 0.349 e. The Labute approximate surface area is 325 Å². The van der Waals surface area contributed by atoms with Gasteiger partial charge in [0.05, 0.1) is 34.3 Å². The summed E-state index contributed by atoms with van der Waals surface area (Å²) in [6.07, 6.45) is 3.69. The molecule has 15 nitrogen and oxygen atoms in total. The molecular formula is C32H50Br2N6O9S3. The van der Waals surface area contributed by atoms with Crippen molar-refractivity contribution in [3.63, 3.8) is 0 Å². The second-order valence-electron chi connectivity index (χ2n) is 11.5. The number of nitrogens with zero attached hydrogens (tertiary/aromatic N) is 4. The van der Waals surface area contributed by atoms with Crippen molar-refractivity contribution >= 4 is 67.8 Å². The SMILES string of the molecule is C.C.C.CS(=O)(=O)O[C@@H]1CCN(S(=O)(=O)c2ccc(Br)cc2)C1.Nc1ccn(C2CCN(S(=O)(=O)c3ccc(Br)cc3)C2)c(=O)n1.O[C@@H]1CCNC1. The topological polar surface area (TPSA) is 211 Å². The summed E-state index contributed by atoms with van der Waals surface area (Å²) in [4.78, 5) is 16.0. The number of aliphatic hydroxyl groups excluding tert-OH is 1. The predicted molar refractivity (Wildman–Crippen MR) is 210 cm³/mol. The fraction of sp³-hybridized carbons (Fsp3) is 0.500. The van der Waals surface area contributed by atoms with Crippen LogP contribution in [0.3, 0.4) is 0 Å². The van der Waals surface area contributed by atoms with Crippen molar-refractivity contribution in [3.8, 4) is 0 Å². The van der Waals surface area contributed by atoms with Crippen LogP contribution in [0, 0.1) is 0 Å². The van der Waals surface area contributed by atoms with Gasteiger partial charge in [-0.1, -0.05) is 54.1 Å². The quantitative estimate of drug-likeness (QED) is 0.290. The van der Waals surface area contributed by atoms with Gasteiger partial charge in [0, 0.05) is 47.9 Å². The summed E-state index contributed by atoms with van der Waals surface area (Å²) < 4.78 is 82.6. The van der Waals surface area contributed by atoms with Crippen LogP contribution in [0.15, 0.2) is 84.3 Å². The minimum Gasteiger partial charge on any atom is -0.392 e. The van der Waals surface area contributed by atoms with Crippen LogP contribution >= 0.6 is 31.9 Å². The van der Waals surface area contributed by atoms with Gasteiger partial charge >= 0.3 is 5.69 Å². The van der Waals surface area contributed by atoms with Gasteiger partial charge in [-0.25, -0.2) is 21.6 Å². The molecule has 0 amide bonds. The van der Waals surface area contributed by atoms with Gasteiger partial charge in [0.2, 0.25) is 20.0 Å². The average molecular weight is 919 g/mol. The molecule has 6 rings (SSSR count). The van der Waals surface area contributed by atoms with Gasteiger partial charge in [-0.2, -0.15) is 22.0 Å². The molecule has 3 fully saturated rings. The molecule has 3 aliphatic rings. The number of halogens is 2. The van der Waals surface area contributed by atoms with E-state index in [4.69, 9.17) is 15.0 Å². The molecule has 0 aliphatic carbocycles. The molecule has 1 unspecified atom stereocenters. The Hall–Kier alpha value is -2.27. The average Bonchev–Trinajstić information content (AvgIpc) is 3.81. The summed E-state index contributed by atoms with van der Waals surface area (Å²) in [6, 6.07) is 14.1. The molecule has 294 valence electrons. The number of aromatic nitrogens is 2. The number of nitrogens with one attached hydrogen (secondary N) is 1. The zero-order chi connectivity index (χ0) is 36.0.